The molecule has 14 heavy (non-hydrogen) atoms. The largest absolute Gasteiger partial charge is 0.386 e. The predicted octanol–water partition coefficient (Wildman–Crippen LogP) is 2.24. The maximum atomic E-state index is 10.1. The molecule has 0 aromatic carbocycles. The Morgan fingerprint density at radius 2 is 2.21 bits per heavy atom. The standard InChI is InChI=1S/C12H23NO/c1-10(2)8-12(3,14)9-11-6-4-5-7-13-11/h8,11,13-14H,4-7,9H2,1-3H3. The molecule has 2 nitrogen and oxygen atoms in total. The Morgan fingerprint density at radius 1 is 1.50 bits per heavy atom. The van der Waals surface area contributed by atoms with Crippen LogP contribution in [0.5, 0.6) is 0 Å². The van der Waals surface area contributed by atoms with Gasteiger partial charge in [-0.15, -0.1) is 0 Å². The van der Waals surface area contributed by atoms with E-state index >= 15 is 0 Å². The SMILES string of the molecule is CC(C)=CC(C)(O)CC1CCCCN1. The van der Waals surface area contributed by atoms with Gasteiger partial charge in [-0.3, -0.25) is 0 Å². The molecule has 0 bridgehead atoms. The molecule has 82 valence electrons. The van der Waals surface area contributed by atoms with Gasteiger partial charge in [0.2, 0.25) is 0 Å². The third-order valence-corrected chi connectivity index (χ3v) is 2.67. The number of rotatable bonds is 3. The number of hydrogen-bond acceptors (Lipinski definition) is 2. The normalized spacial score (nSPS) is 26.7. The van der Waals surface area contributed by atoms with Gasteiger partial charge < -0.3 is 10.4 Å². The first-order valence-corrected chi connectivity index (χ1v) is 5.61. The summed E-state index contributed by atoms with van der Waals surface area (Å²) in [5, 5.41) is 13.6. The monoisotopic (exact) mass is 197 g/mol. The van der Waals surface area contributed by atoms with Crippen LogP contribution in [-0.2, 0) is 0 Å². The van der Waals surface area contributed by atoms with Gasteiger partial charge >= 0.3 is 0 Å². The van der Waals surface area contributed by atoms with E-state index in [0.29, 0.717) is 6.04 Å². The highest BCUT2D eigenvalue weighted by Crippen LogP contribution is 2.20. The molecule has 0 aliphatic carbocycles. The first-order chi connectivity index (χ1) is 6.49. The first-order valence-electron chi connectivity index (χ1n) is 5.61. The van der Waals surface area contributed by atoms with E-state index in [1.165, 1.54) is 24.8 Å². The third kappa shape index (κ3) is 4.25. The molecule has 0 saturated carbocycles. The van der Waals surface area contributed by atoms with E-state index in [4.69, 9.17) is 0 Å². The molecule has 2 heteroatoms. The van der Waals surface area contributed by atoms with E-state index < -0.39 is 5.60 Å². The Morgan fingerprint density at radius 3 is 2.71 bits per heavy atom. The Hall–Kier alpha value is -0.340. The maximum Gasteiger partial charge on any atom is 0.0816 e. The van der Waals surface area contributed by atoms with Crippen LogP contribution in [0.25, 0.3) is 0 Å². The molecule has 1 rings (SSSR count). The van der Waals surface area contributed by atoms with Gasteiger partial charge in [0, 0.05) is 6.04 Å². The lowest BCUT2D eigenvalue weighted by atomic mass is 9.90. The zero-order valence-electron chi connectivity index (χ0n) is 9.64. The van der Waals surface area contributed by atoms with Crippen LogP contribution >= 0.6 is 0 Å². The van der Waals surface area contributed by atoms with Crippen LogP contribution in [0, 0.1) is 0 Å². The summed E-state index contributed by atoms with van der Waals surface area (Å²) < 4.78 is 0. The lowest BCUT2D eigenvalue weighted by Gasteiger charge is -2.30. The minimum Gasteiger partial charge on any atom is -0.386 e. The van der Waals surface area contributed by atoms with Crippen molar-refractivity contribution in [2.45, 2.75) is 58.1 Å². The molecule has 0 amide bonds. The van der Waals surface area contributed by atoms with Gasteiger partial charge in [0.1, 0.15) is 0 Å². The maximum absolute atomic E-state index is 10.1. The average molecular weight is 197 g/mol. The highest BCUT2D eigenvalue weighted by molar-refractivity contribution is 5.06. The van der Waals surface area contributed by atoms with Crippen molar-refractivity contribution in [2.75, 3.05) is 6.54 Å². The average Bonchev–Trinajstić information content (AvgIpc) is 2.02. The minimum absolute atomic E-state index is 0.495. The summed E-state index contributed by atoms with van der Waals surface area (Å²) in [6, 6.07) is 0.495. The van der Waals surface area contributed by atoms with Gasteiger partial charge in [0.05, 0.1) is 5.60 Å². The minimum atomic E-state index is -0.645. The van der Waals surface area contributed by atoms with Crippen LogP contribution in [0.3, 0.4) is 0 Å². The Labute approximate surface area is 87.4 Å². The topological polar surface area (TPSA) is 32.3 Å². The zero-order valence-corrected chi connectivity index (χ0v) is 9.64. The van der Waals surface area contributed by atoms with Crippen LogP contribution in [-0.4, -0.2) is 23.3 Å². The fourth-order valence-electron chi connectivity index (χ4n) is 2.28. The summed E-state index contributed by atoms with van der Waals surface area (Å²) in [6.07, 6.45) is 6.57. The second-order valence-corrected chi connectivity index (χ2v) is 4.93. The van der Waals surface area contributed by atoms with Crippen molar-refractivity contribution in [2.24, 2.45) is 0 Å². The molecule has 2 atom stereocenters. The molecule has 0 radical (unpaired) electrons. The molecule has 0 aromatic heterocycles. The number of allylic oxidation sites excluding steroid dienone is 1. The van der Waals surface area contributed by atoms with Crippen molar-refractivity contribution >= 4 is 0 Å². The van der Waals surface area contributed by atoms with Crippen LogP contribution < -0.4 is 5.32 Å². The Kier molecular flexibility index (Phi) is 4.14. The van der Waals surface area contributed by atoms with Gasteiger partial charge in [-0.25, -0.2) is 0 Å². The van der Waals surface area contributed by atoms with E-state index in [0.717, 1.165) is 13.0 Å². The van der Waals surface area contributed by atoms with Crippen LogP contribution in [0.2, 0.25) is 0 Å². The van der Waals surface area contributed by atoms with Gasteiger partial charge in [-0.05, 0) is 46.6 Å². The van der Waals surface area contributed by atoms with Crippen molar-refractivity contribution in [1.29, 1.82) is 0 Å². The number of hydrogen-bond donors (Lipinski definition) is 2. The fourth-order valence-corrected chi connectivity index (χ4v) is 2.28. The van der Waals surface area contributed by atoms with Crippen molar-refractivity contribution < 1.29 is 5.11 Å². The molecular weight excluding hydrogens is 174 g/mol. The van der Waals surface area contributed by atoms with Crippen molar-refractivity contribution in [1.82, 2.24) is 5.32 Å². The molecule has 1 fully saturated rings. The third-order valence-electron chi connectivity index (χ3n) is 2.67. The van der Waals surface area contributed by atoms with Crippen LogP contribution in [0.1, 0.15) is 46.5 Å². The molecule has 2 unspecified atom stereocenters. The molecule has 1 aliphatic rings. The summed E-state index contributed by atoms with van der Waals surface area (Å²) in [6.45, 7) is 7.07. The molecule has 0 spiro atoms. The van der Waals surface area contributed by atoms with E-state index in [1.54, 1.807) is 0 Å². The summed E-state index contributed by atoms with van der Waals surface area (Å²) in [5.74, 6) is 0. The molecule has 1 heterocycles. The first kappa shape index (κ1) is 11.7. The summed E-state index contributed by atoms with van der Waals surface area (Å²) in [4.78, 5) is 0. The van der Waals surface area contributed by atoms with Gasteiger partial charge in [-0.2, -0.15) is 0 Å². The molecule has 2 N–H and O–H groups in total. The lowest BCUT2D eigenvalue weighted by Crippen LogP contribution is -2.40. The van der Waals surface area contributed by atoms with Crippen molar-refractivity contribution in [3.8, 4) is 0 Å². The predicted molar refractivity (Wildman–Crippen MR) is 60.3 cm³/mol. The van der Waals surface area contributed by atoms with E-state index in [2.05, 4.69) is 5.32 Å². The summed E-state index contributed by atoms with van der Waals surface area (Å²) >= 11 is 0. The zero-order chi connectivity index (χ0) is 10.6. The highest BCUT2D eigenvalue weighted by atomic mass is 16.3. The van der Waals surface area contributed by atoms with Crippen LogP contribution in [0.4, 0.5) is 0 Å². The quantitative estimate of drug-likeness (QED) is 0.680. The van der Waals surface area contributed by atoms with Crippen molar-refractivity contribution in [3.05, 3.63) is 11.6 Å². The number of piperidine rings is 1. The van der Waals surface area contributed by atoms with E-state index in [-0.39, 0.29) is 0 Å². The molecular formula is C12H23NO. The summed E-state index contributed by atoms with van der Waals surface area (Å²) in [5.41, 5.74) is 0.541. The Balaban J connectivity index is 2.44. The second-order valence-electron chi connectivity index (χ2n) is 4.93. The van der Waals surface area contributed by atoms with Gasteiger partial charge in [0.15, 0.2) is 0 Å². The van der Waals surface area contributed by atoms with E-state index in [1.807, 2.05) is 26.8 Å². The van der Waals surface area contributed by atoms with Crippen molar-refractivity contribution in [3.63, 3.8) is 0 Å². The van der Waals surface area contributed by atoms with E-state index in [9.17, 15) is 5.11 Å². The number of aliphatic hydroxyl groups is 1. The fraction of sp³-hybridized carbons (Fsp3) is 0.833. The molecule has 1 aliphatic heterocycles. The van der Waals surface area contributed by atoms with Crippen LogP contribution in [0.15, 0.2) is 11.6 Å². The van der Waals surface area contributed by atoms with Gasteiger partial charge in [-0.1, -0.05) is 18.1 Å². The second kappa shape index (κ2) is 4.94. The van der Waals surface area contributed by atoms with Gasteiger partial charge in [0.25, 0.3) is 0 Å². The molecule has 1 saturated heterocycles. The highest BCUT2D eigenvalue weighted by Gasteiger charge is 2.23. The number of nitrogens with one attached hydrogen (secondary N) is 1. The molecule has 0 aromatic rings. The lowest BCUT2D eigenvalue weighted by molar-refractivity contribution is 0.0836. The Bertz CT molecular complexity index is 198. The summed E-state index contributed by atoms with van der Waals surface area (Å²) in [7, 11) is 0. The smallest absolute Gasteiger partial charge is 0.0816 e.